The van der Waals surface area contributed by atoms with Gasteiger partial charge >= 0.3 is 0 Å². The lowest BCUT2D eigenvalue weighted by Gasteiger charge is -2.26. The third-order valence-electron chi connectivity index (χ3n) is 3.88. The number of hydrogen-bond donors (Lipinski definition) is 0. The Hall–Kier alpha value is -2.88. The van der Waals surface area contributed by atoms with E-state index in [1.165, 1.54) is 46.5 Å². The van der Waals surface area contributed by atoms with Gasteiger partial charge in [0.1, 0.15) is 12.5 Å². The molecule has 0 amide bonds. The Morgan fingerprint density at radius 2 is 0.815 bits per heavy atom. The second-order valence-corrected chi connectivity index (χ2v) is 7.80. The van der Waals surface area contributed by atoms with Crippen LogP contribution in [0, 0.1) is 0 Å². The third kappa shape index (κ3) is 2.43. The predicted octanol–water partition coefficient (Wildman–Crippen LogP) is 5.48. The van der Waals surface area contributed by atoms with Crippen LogP contribution in [0.5, 0.6) is 34.5 Å². The van der Waals surface area contributed by atoms with Gasteiger partial charge in [-0.15, -0.1) is 34.0 Å². The van der Waals surface area contributed by atoms with E-state index in [0.717, 1.165) is 0 Å². The van der Waals surface area contributed by atoms with Crippen LogP contribution in [-0.2, 0) is 0 Å². The lowest BCUT2D eigenvalue weighted by atomic mass is 10.2. The Balaban J connectivity index is 1.43. The number of fused-ring (bicyclic) bond motifs is 3. The molecule has 3 aliphatic rings. The molecule has 6 nitrogen and oxygen atoms in total. The molecule has 134 valence electrons. The van der Waals surface area contributed by atoms with Crippen LogP contribution < -0.4 is 28.4 Å². The molecule has 0 spiro atoms. The topological polar surface area (TPSA) is 55.4 Å². The molecule has 0 saturated carbocycles. The molecular formula is C18H8O6S3. The van der Waals surface area contributed by atoms with E-state index in [0.29, 0.717) is 57.5 Å². The highest BCUT2D eigenvalue weighted by molar-refractivity contribution is 7.09. The first kappa shape index (κ1) is 15.2. The molecule has 0 aromatic carbocycles. The lowest BCUT2D eigenvalue weighted by Crippen LogP contribution is -2.21. The Labute approximate surface area is 164 Å². The number of ether oxygens (including phenoxy) is 6. The van der Waals surface area contributed by atoms with Crippen molar-refractivity contribution in [2.24, 2.45) is 0 Å². The highest BCUT2D eigenvalue weighted by Gasteiger charge is 2.34. The average molecular weight is 416 g/mol. The summed E-state index contributed by atoms with van der Waals surface area (Å²) in [7, 11) is 0. The van der Waals surface area contributed by atoms with Crippen LogP contribution >= 0.6 is 34.0 Å². The molecule has 3 aromatic rings. The second-order valence-electron chi connectivity index (χ2n) is 5.57. The molecule has 3 aliphatic heterocycles. The minimum atomic E-state index is 0.353. The minimum absolute atomic E-state index is 0.353. The van der Waals surface area contributed by atoms with Crippen molar-refractivity contribution < 1.29 is 28.4 Å². The maximum absolute atomic E-state index is 6.06. The summed E-state index contributed by atoms with van der Waals surface area (Å²) in [6.07, 6.45) is 2.98. The Morgan fingerprint density at radius 3 is 1.26 bits per heavy atom. The summed E-state index contributed by atoms with van der Waals surface area (Å²) in [4.78, 5) is 0. The Bertz CT molecular complexity index is 1060. The van der Waals surface area contributed by atoms with Gasteiger partial charge in [-0.2, -0.15) is 0 Å². The van der Waals surface area contributed by atoms with Crippen molar-refractivity contribution in [3.05, 3.63) is 67.8 Å². The van der Waals surface area contributed by atoms with Crippen LogP contribution in [0.1, 0.15) is 0 Å². The summed E-state index contributed by atoms with van der Waals surface area (Å²) < 4.78 is 35.3. The molecule has 27 heavy (non-hydrogen) atoms. The second kappa shape index (κ2) is 5.81. The van der Waals surface area contributed by atoms with Crippen LogP contribution in [-0.4, -0.2) is 0 Å². The first-order chi connectivity index (χ1) is 13.3. The molecule has 0 saturated heterocycles. The molecule has 3 aromatic heterocycles. The van der Waals surface area contributed by atoms with Crippen molar-refractivity contribution in [3.63, 3.8) is 0 Å². The van der Waals surface area contributed by atoms with Crippen LogP contribution in [0.15, 0.2) is 67.8 Å². The fourth-order valence-electron chi connectivity index (χ4n) is 2.65. The van der Waals surface area contributed by atoms with E-state index in [-0.39, 0.29) is 0 Å². The first-order valence-corrected chi connectivity index (χ1v) is 10.6. The molecule has 0 aliphatic carbocycles. The molecule has 6 heterocycles. The number of rotatable bonds is 2. The molecule has 0 bridgehead atoms. The van der Waals surface area contributed by atoms with Gasteiger partial charge in [-0.1, -0.05) is 0 Å². The van der Waals surface area contributed by atoms with E-state index in [9.17, 15) is 0 Å². The SMILES string of the molecule is C1=C(C2=C(C3=COc4cscc4O3)Oc3cscc3O2)Oc2cscc2O1. The quantitative estimate of drug-likeness (QED) is 0.551. The smallest absolute Gasteiger partial charge is 0.219 e. The molecule has 0 N–H and O–H groups in total. The Kier molecular flexibility index (Phi) is 3.27. The summed E-state index contributed by atoms with van der Waals surface area (Å²) >= 11 is 4.46. The van der Waals surface area contributed by atoms with Crippen LogP contribution in [0.4, 0.5) is 0 Å². The molecule has 0 radical (unpaired) electrons. The fourth-order valence-corrected chi connectivity index (χ4v) is 4.59. The molecule has 9 heteroatoms. The largest absolute Gasteiger partial charge is 0.456 e. The molecular weight excluding hydrogens is 408 g/mol. The van der Waals surface area contributed by atoms with Gasteiger partial charge < -0.3 is 28.4 Å². The summed E-state index contributed by atoms with van der Waals surface area (Å²) in [5, 5.41) is 11.2. The minimum Gasteiger partial charge on any atom is -0.456 e. The average Bonchev–Trinajstić information content (AvgIpc) is 3.45. The number of hydrogen-bond acceptors (Lipinski definition) is 9. The van der Waals surface area contributed by atoms with Crippen molar-refractivity contribution >= 4 is 34.0 Å². The number of thiophene rings is 3. The molecule has 0 atom stereocenters. The monoisotopic (exact) mass is 416 g/mol. The Morgan fingerprint density at radius 1 is 0.444 bits per heavy atom. The van der Waals surface area contributed by atoms with Gasteiger partial charge in [0.2, 0.25) is 23.0 Å². The van der Waals surface area contributed by atoms with Gasteiger partial charge in [-0.25, -0.2) is 0 Å². The van der Waals surface area contributed by atoms with Crippen LogP contribution in [0.3, 0.4) is 0 Å². The zero-order valence-electron chi connectivity index (χ0n) is 13.3. The van der Waals surface area contributed by atoms with E-state index in [2.05, 4.69) is 0 Å². The maximum Gasteiger partial charge on any atom is 0.219 e. The molecule has 6 rings (SSSR count). The maximum atomic E-state index is 6.06. The van der Waals surface area contributed by atoms with Gasteiger partial charge in [0.25, 0.3) is 0 Å². The summed E-state index contributed by atoms with van der Waals surface area (Å²) in [5.74, 6) is 5.26. The molecule has 0 fully saturated rings. The van der Waals surface area contributed by atoms with Gasteiger partial charge in [-0.3, -0.25) is 0 Å². The van der Waals surface area contributed by atoms with E-state index >= 15 is 0 Å². The van der Waals surface area contributed by atoms with E-state index in [4.69, 9.17) is 28.4 Å². The van der Waals surface area contributed by atoms with Gasteiger partial charge in [0.15, 0.2) is 34.5 Å². The van der Waals surface area contributed by atoms with Crippen molar-refractivity contribution in [2.75, 3.05) is 0 Å². The zero-order valence-corrected chi connectivity index (χ0v) is 15.7. The highest BCUT2D eigenvalue weighted by Crippen LogP contribution is 2.46. The first-order valence-electron chi connectivity index (χ1n) is 7.74. The van der Waals surface area contributed by atoms with E-state index in [1.807, 2.05) is 32.3 Å². The van der Waals surface area contributed by atoms with Gasteiger partial charge in [0, 0.05) is 32.3 Å². The zero-order chi connectivity index (χ0) is 17.8. The van der Waals surface area contributed by atoms with Crippen molar-refractivity contribution in [2.45, 2.75) is 0 Å². The van der Waals surface area contributed by atoms with Gasteiger partial charge in [-0.05, 0) is 0 Å². The lowest BCUT2D eigenvalue weighted by molar-refractivity contribution is 0.231. The fraction of sp³-hybridized carbons (Fsp3) is 0. The standard InChI is InChI=1S/C18H8O6S3/c1-9(21-13-5-25-3-11(13)19-1)17-18(24-16-8-27-7-15(16)23-17)10-2-20-12-4-26-6-14(12)22-10/h1-8H. The highest BCUT2D eigenvalue weighted by atomic mass is 32.1. The molecule has 0 unspecified atom stereocenters. The normalized spacial score (nSPS) is 16.7. The summed E-state index contributed by atoms with van der Waals surface area (Å²) in [6.45, 7) is 0. The predicted molar refractivity (Wildman–Crippen MR) is 99.9 cm³/mol. The van der Waals surface area contributed by atoms with Crippen molar-refractivity contribution in [3.8, 4) is 34.5 Å². The van der Waals surface area contributed by atoms with E-state index < -0.39 is 0 Å². The van der Waals surface area contributed by atoms with Gasteiger partial charge in [0.05, 0.1) is 0 Å². The van der Waals surface area contributed by atoms with Crippen LogP contribution in [0.25, 0.3) is 0 Å². The summed E-state index contributed by atoms with van der Waals surface area (Å²) in [5.41, 5.74) is 0. The van der Waals surface area contributed by atoms with Crippen LogP contribution in [0.2, 0.25) is 0 Å². The third-order valence-corrected chi connectivity index (χ3v) is 5.98. The van der Waals surface area contributed by atoms with E-state index in [1.54, 1.807) is 0 Å². The van der Waals surface area contributed by atoms with Crippen molar-refractivity contribution in [1.82, 2.24) is 0 Å². The summed E-state index contributed by atoms with van der Waals surface area (Å²) in [6, 6.07) is 0. The van der Waals surface area contributed by atoms with Crippen molar-refractivity contribution in [1.29, 1.82) is 0 Å².